The second-order valence-corrected chi connectivity index (χ2v) is 9.92. The largest absolute Gasteiger partial charge is 0.388 e. The summed E-state index contributed by atoms with van der Waals surface area (Å²) in [5.74, 6) is -0.706. The van der Waals surface area contributed by atoms with Crippen LogP contribution in [0.15, 0.2) is 78.4 Å². The number of amides is 1. The van der Waals surface area contributed by atoms with E-state index >= 15 is 0 Å². The Balaban J connectivity index is 1.85. The van der Waals surface area contributed by atoms with Gasteiger partial charge >= 0.3 is 0 Å². The zero-order chi connectivity index (χ0) is 23.0. The molecule has 2 aliphatic carbocycles. The van der Waals surface area contributed by atoms with E-state index in [1.54, 1.807) is 6.08 Å². The average Bonchev–Trinajstić information content (AvgIpc) is 3.04. The summed E-state index contributed by atoms with van der Waals surface area (Å²) < 4.78 is 0. The number of allylic oxidation sites excluding steroid dienone is 4. The molecule has 4 rings (SSSR count). The molecule has 1 saturated heterocycles. The summed E-state index contributed by atoms with van der Waals surface area (Å²) in [4.78, 5) is 13.8. The molecule has 3 aliphatic rings. The van der Waals surface area contributed by atoms with Gasteiger partial charge in [0, 0.05) is 17.9 Å². The van der Waals surface area contributed by atoms with Gasteiger partial charge in [-0.25, -0.2) is 0 Å². The predicted octanol–water partition coefficient (Wildman–Crippen LogP) is 3.97. The maximum absolute atomic E-state index is 13.8. The van der Waals surface area contributed by atoms with Crippen molar-refractivity contribution in [1.82, 2.24) is 5.32 Å². The topological polar surface area (TPSA) is 69.6 Å². The van der Waals surface area contributed by atoms with Gasteiger partial charge in [0.2, 0.25) is 5.91 Å². The fourth-order valence-electron chi connectivity index (χ4n) is 6.25. The van der Waals surface area contributed by atoms with E-state index in [1.807, 2.05) is 44.2 Å². The normalized spacial score (nSPS) is 43.2. The molecule has 4 heteroatoms. The first-order valence-electron chi connectivity index (χ1n) is 11.7. The van der Waals surface area contributed by atoms with Gasteiger partial charge in [0.15, 0.2) is 0 Å². The molecule has 1 aromatic rings. The maximum Gasteiger partial charge on any atom is 0.230 e. The summed E-state index contributed by atoms with van der Waals surface area (Å²) in [6.45, 7) is 10.4. The molecule has 1 aromatic carbocycles. The molecule has 4 nitrogen and oxygen atoms in total. The fraction of sp³-hybridized carbons (Fsp3) is 0.464. The molecule has 1 amide bonds. The summed E-state index contributed by atoms with van der Waals surface area (Å²) in [6.07, 6.45) is 9.42. The van der Waals surface area contributed by atoms with E-state index in [1.165, 1.54) is 0 Å². The van der Waals surface area contributed by atoms with Crippen LogP contribution in [-0.2, 0) is 11.2 Å². The van der Waals surface area contributed by atoms with Gasteiger partial charge in [-0.3, -0.25) is 4.79 Å². The minimum absolute atomic E-state index is 0.119. The first kappa shape index (κ1) is 22.8. The molecule has 0 bridgehead atoms. The molecular formula is C28H35NO3. The molecule has 8 atom stereocenters. The van der Waals surface area contributed by atoms with E-state index in [9.17, 15) is 15.0 Å². The zero-order valence-electron chi connectivity index (χ0n) is 19.2. The molecule has 1 heterocycles. The van der Waals surface area contributed by atoms with E-state index in [0.717, 1.165) is 23.1 Å². The molecule has 1 spiro atoms. The highest BCUT2D eigenvalue weighted by Crippen LogP contribution is 2.57. The van der Waals surface area contributed by atoms with Gasteiger partial charge in [0.1, 0.15) is 0 Å². The van der Waals surface area contributed by atoms with Crippen LogP contribution in [0.5, 0.6) is 0 Å². The maximum atomic E-state index is 13.8. The second-order valence-electron chi connectivity index (χ2n) is 9.92. The molecule has 0 radical (unpaired) electrons. The van der Waals surface area contributed by atoms with E-state index in [4.69, 9.17) is 0 Å². The van der Waals surface area contributed by atoms with Crippen molar-refractivity contribution < 1.29 is 15.0 Å². The third-order valence-electron chi connectivity index (χ3n) is 7.82. The van der Waals surface area contributed by atoms with Crippen molar-refractivity contribution in [1.29, 1.82) is 0 Å². The fourth-order valence-corrected chi connectivity index (χ4v) is 6.25. The number of carbonyl (C=O) groups is 1. The van der Waals surface area contributed by atoms with Gasteiger partial charge in [-0.15, -0.1) is 0 Å². The van der Waals surface area contributed by atoms with Crippen molar-refractivity contribution >= 4 is 5.91 Å². The lowest BCUT2D eigenvalue weighted by Gasteiger charge is -2.51. The van der Waals surface area contributed by atoms with Gasteiger partial charge in [0.05, 0.1) is 17.6 Å². The van der Waals surface area contributed by atoms with Gasteiger partial charge in [0.25, 0.3) is 0 Å². The summed E-state index contributed by atoms with van der Waals surface area (Å²) >= 11 is 0. The lowest BCUT2D eigenvalue weighted by atomic mass is 9.51. The highest BCUT2D eigenvalue weighted by molar-refractivity contribution is 5.88. The Kier molecular flexibility index (Phi) is 6.28. The lowest BCUT2D eigenvalue weighted by molar-refractivity contribution is -0.147. The SMILES string of the molecule is C=C1[C@@H](C)[C@H]2[C@H](Cc3ccccc3)NC(=O)[C@]23[C@H](O)/C=C/C(C)=C\[C@@H](C)C/C=C/[C@H]3[C@@H]1O. The van der Waals surface area contributed by atoms with Gasteiger partial charge in [-0.1, -0.05) is 86.7 Å². The van der Waals surface area contributed by atoms with E-state index in [2.05, 4.69) is 43.1 Å². The molecule has 1 saturated carbocycles. The molecule has 170 valence electrons. The quantitative estimate of drug-likeness (QED) is 0.618. The Labute approximate surface area is 191 Å². The van der Waals surface area contributed by atoms with E-state index in [-0.39, 0.29) is 23.8 Å². The molecule has 3 N–H and O–H groups in total. The number of carbonyl (C=O) groups excluding carboxylic acids is 1. The third-order valence-corrected chi connectivity index (χ3v) is 7.82. The van der Waals surface area contributed by atoms with Crippen LogP contribution in [-0.4, -0.2) is 34.4 Å². The highest BCUT2D eigenvalue weighted by atomic mass is 16.3. The first-order valence-corrected chi connectivity index (χ1v) is 11.7. The van der Waals surface area contributed by atoms with Gasteiger partial charge in [-0.05, 0) is 42.7 Å². The molecule has 0 unspecified atom stereocenters. The van der Waals surface area contributed by atoms with E-state index < -0.39 is 23.5 Å². The van der Waals surface area contributed by atoms with Gasteiger partial charge in [-0.2, -0.15) is 0 Å². The van der Waals surface area contributed by atoms with Crippen molar-refractivity contribution in [3.63, 3.8) is 0 Å². The summed E-state index contributed by atoms with van der Waals surface area (Å²) in [6, 6.07) is 9.96. The zero-order valence-corrected chi connectivity index (χ0v) is 19.2. The minimum atomic E-state index is -1.15. The van der Waals surface area contributed by atoms with Crippen LogP contribution in [0.3, 0.4) is 0 Å². The Morgan fingerprint density at radius 1 is 1.16 bits per heavy atom. The minimum Gasteiger partial charge on any atom is -0.388 e. The van der Waals surface area contributed by atoms with Crippen molar-refractivity contribution in [2.24, 2.45) is 29.1 Å². The molecule has 0 aromatic heterocycles. The summed E-state index contributed by atoms with van der Waals surface area (Å²) in [7, 11) is 0. The number of hydrogen-bond acceptors (Lipinski definition) is 3. The van der Waals surface area contributed by atoms with Crippen molar-refractivity contribution in [3.05, 3.63) is 84.0 Å². The number of rotatable bonds is 2. The number of aliphatic hydroxyl groups excluding tert-OH is 2. The number of hydrogen-bond donors (Lipinski definition) is 3. The van der Waals surface area contributed by atoms with Crippen LogP contribution in [0.4, 0.5) is 0 Å². The lowest BCUT2D eigenvalue weighted by Crippen LogP contribution is -2.59. The standard InChI is InChI=1S/C28H35NO3/c1-17-9-8-12-22-26(31)20(4)19(3)25-23(16-21-10-6-5-7-11-21)29-27(32)28(22,25)24(30)14-13-18(2)15-17/h5-8,10-15,17,19,22-26,30-31H,4,9,16H2,1-3H3,(H,29,32)/b12-8+,14-13+,18-15-/t17-,19+,22-,23-,24+,25-,26+,28+/m0/s1. The Morgan fingerprint density at radius 3 is 2.59 bits per heavy atom. The Bertz CT molecular complexity index is 962. The second kappa shape index (κ2) is 8.84. The predicted molar refractivity (Wildman–Crippen MR) is 128 cm³/mol. The Hall–Kier alpha value is -2.43. The number of nitrogens with one attached hydrogen (secondary N) is 1. The van der Waals surface area contributed by atoms with E-state index in [0.29, 0.717) is 12.3 Å². The van der Waals surface area contributed by atoms with Crippen LogP contribution < -0.4 is 5.32 Å². The van der Waals surface area contributed by atoms with Crippen molar-refractivity contribution in [2.45, 2.75) is 51.9 Å². The molecule has 32 heavy (non-hydrogen) atoms. The average molecular weight is 434 g/mol. The van der Waals surface area contributed by atoms with Crippen LogP contribution in [0.25, 0.3) is 0 Å². The summed E-state index contributed by atoms with van der Waals surface area (Å²) in [5.41, 5.74) is 1.79. The van der Waals surface area contributed by atoms with Gasteiger partial charge < -0.3 is 15.5 Å². The first-order chi connectivity index (χ1) is 15.3. The monoisotopic (exact) mass is 433 g/mol. The van der Waals surface area contributed by atoms with Crippen molar-refractivity contribution in [2.75, 3.05) is 0 Å². The Morgan fingerprint density at radius 2 is 1.88 bits per heavy atom. The summed E-state index contributed by atoms with van der Waals surface area (Å²) in [5, 5.41) is 26.1. The molecule has 1 aliphatic heterocycles. The van der Waals surface area contributed by atoms with Crippen LogP contribution in [0.2, 0.25) is 0 Å². The van der Waals surface area contributed by atoms with Crippen LogP contribution >= 0.6 is 0 Å². The van der Waals surface area contributed by atoms with Crippen LogP contribution in [0, 0.1) is 29.1 Å². The molecular weight excluding hydrogens is 398 g/mol. The number of aliphatic hydroxyl groups is 2. The molecule has 2 fully saturated rings. The van der Waals surface area contributed by atoms with Crippen molar-refractivity contribution in [3.8, 4) is 0 Å². The van der Waals surface area contributed by atoms with Crippen LogP contribution in [0.1, 0.15) is 32.8 Å². The smallest absolute Gasteiger partial charge is 0.230 e. The number of benzene rings is 1. The third kappa shape index (κ3) is 3.70. The highest BCUT2D eigenvalue weighted by Gasteiger charge is 2.67.